The molecule has 0 aliphatic carbocycles. The van der Waals surface area contributed by atoms with Gasteiger partial charge < -0.3 is 15.8 Å². The van der Waals surface area contributed by atoms with E-state index in [1.165, 1.54) is 0 Å². The first-order valence-electron chi connectivity index (χ1n) is 7.22. The van der Waals surface area contributed by atoms with Gasteiger partial charge in [0.25, 0.3) is 0 Å². The molecule has 0 fully saturated rings. The average molecular weight is 276 g/mol. The zero-order valence-electron chi connectivity index (χ0n) is 12.5. The molecular formula is C16H24N2O2. The number of fused-ring (bicyclic) bond motifs is 1. The van der Waals surface area contributed by atoms with Crippen LogP contribution in [0.3, 0.4) is 0 Å². The van der Waals surface area contributed by atoms with Gasteiger partial charge in [0, 0.05) is 12.1 Å². The van der Waals surface area contributed by atoms with Gasteiger partial charge in [-0.15, -0.1) is 0 Å². The third-order valence-electron chi connectivity index (χ3n) is 4.38. The summed E-state index contributed by atoms with van der Waals surface area (Å²) in [5.41, 5.74) is 6.44. The van der Waals surface area contributed by atoms with Gasteiger partial charge >= 0.3 is 0 Å². The first-order valence-corrected chi connectivity index (χ1v) is 7.22. The summed E-state index contributed by atoms with van der Waals surface area (Å²) in [6, 6.07) is 7.75. The van der Waals surface area contributed by atoms with Crippen LogP contribution in [0.4, 0.5) is 0 Å². The van der Waals surface area contributed by atoms with Crippen LogP contribution in [0.25, 0.3) is 0 Å². The van der Waals surface area contributed by atoms with Crippen molar-refractivity contribution in [2.45, 2.75) is 38.6 Å². The third-order valence-corrected chi connectivity index (χ3v) is 4.38. The van der Waals surface area contributed by atoms with Crippen molar-refractivity contribution in [3.63, 3.8) is 0 Å². The number of amides is 1. The Hall–Kier alpha value is -1.55. The second kappa shape index (κ2) is 5.83. The highest BCUT2D eigenvalue weighted by Gasteiger charge is 2.34. The second-order valence-electron chi connectivity index (χ2n) is 5.99. The minimum absolute atomic E-state index is 0.0439. The summed E-state index contributed by atoms with van der Waals surface area (Å²) in [6.07, 6.45) is 0.710. The monoisotopic (exact) mass is 276 g/mol. The number of para-hydroxylation sites is 1. The molecule has 4 heteroatoms. The van der Waals surface area contributed by atoms with E-state index in [1.54, 1.807) is 0 Å². The molecule has 1 aliphatic heterocycles. The molecule has 1 heterocycles. The molecule has 0 aromatic heterocycles. The van der Waals surface area contributed by atoms with E-state index in [0.29, 0.717) is 19.6 Å². The van der Waals surface area contributed by atoms with Crippen LogP contribution in [0.1, 0.15) is 38.7 Å². The van der Waals surface area contributed by atoms with Crippen molar-refractivity contribution in [3.05, 3.63) is 29.8 Å². The lowest BCUT2D eigenvalue weighted by Crippen LogP contribution is -2.56. The van der Waals surface area contributed by atoms with Crippen molar-refractivity contribution in [1.82, 2.24) is 5.32 Å². The topological polar surface area (TPSA) is 64.3 Å². The zero-order valence-corrected chi connectivity index (χ0v) is 12.5. The van der Waals surface area contributed by atoms with Gasteiger partial charge in [-0.1, -0.05) is 32.0 Å². The van der Waals surface area contributed by atoms with Crippen molar-refractivity contribution in [3.8, 4) is 5.75 Å². The molecule has 0 radical (unpaired) electrons. The fourth-order valence-corrected chi connectivity index (χ4v) is 2.41. The van der Waals surface area contributed by atoms with E-state index in [0.717, 1.165) is 11.3 Å². The number of nitrogens with one attached hydrogen (secondary N) is 1. The van der Waals surface area contributed by atoms with Crippen molar-refractivity contribution < 1.29 is 9.53 Å². The van der Waals surface area contributed by atoms with Crippen LogP contribution in [0.5, 0.6) is 5.75 Å². The van der Waals surface area contributed by atoms with Crippen molar-refractivity contribution in [1.29, 1.82) is 0 Å². The van der Waals surface area contributed by atoms with Gasteiger partial charge in [-0.05, 0) is 25.3 Å². The summed E-state index contributed by atoms with van der Waals surface area (Å²) in [4.78, 5) is 12.6. The van der Waals surface area contributed by atoms with E-state index >= 15 is 0 Å². The zero-order chi connectivity index (χ0) is 14.8. The van der Waals surface area contributed by atoms with E-state index in [4.69, 9.17) is 10.5 Å². The average Bonchev–Trinajstić information content (AvgIpc) is 2.46. The number of rotatable bonds is 4. The minimum Gasteiger partial charge on any atom is -0.493 e. The van der Waals surface area contributed by atoms with Crippen LogP contribution in [0.15, 0.2) is 24.3 Å². The molecule has 0 bridgehead atoms. The second-order valence-corrected chi connectivity index (χ2v) is 5.99. The van der Waals surface area contributed by atoms with E-state index in [9.17, 15) is 4.79 Å². The van der Waals surface area contributed by atoms with Crippen molar-refractivity contribution in [2.75, 3.05) is 13.2 Å². The number of benzene rings is 1. The number of hydrogen-bond donors (Lipinski definition) is 2. The van der Waals surface area contributed by atoms with Crippen LogP contribution < -0.4 is 15.8 Å². The Morgan fingerprint density at radius 3 is 2.85 bits per heavy atom. The maximum absolute atomic E-state index is 12.6. The minimum atomic E-state index is -0.371. The van der Waals surface area contributed by atoms with E-state index in [2.05, 4.69) is 19.2 Å². The molecule has 110 valence electrons. The molecule has 2 rings (SSSR count). The maximum Gasteiger partial charge on any atom is 0.228 e. The third kappa shape index (κ3) is 2.80. The standard InChI is InChI=1S/C16H24N2O2/c1-11(2)16(3,10-17)18-15(19)13-8-9-20-14-7-5-4-6-12(13)14/h4-7,11,13H,8-10,17H2,1-3H3,(H,18,19). The molecular weight excluding hydrogens is 252 g/mol. The quantitative estimate of drug-likeness (QED) is 0.884. The first-order chi connectivity index (χ1) is 9.48. The van der Waals surface area contributed by atoms with Crippen LogP contribution in [-0.2, 0) is 4.79 Å². The number of ether oxygens (including phenoxy) is 1. The lowest BCUT2D eigenvalue weighted by atomic mass is 9.86. The van der Waals surface area contributed by atoms with Gasteiger partial charge in [-0.25, -0.2) is 0 Å². The number of carbonyl (C=O) groups excluding carboxylic acids is 1. The van der Waals surface area contributed by atoms with Crippen LogP contribution in [-0.4, -0.2) is 24.6 Å². The lowest BCUT2D eigenvalue weighted by molar-refractivity contribution is -0.125. The largest absolute Gasteiger partial charge is 0.493 e. The summed E-state index contributed by atoms with van der Waals surface area (Å²) in [5.74, 6) is 0.997. The highest BCUT2D eigenvalue weighted by atomic mass is 16.5. The molecule has 2 unspecified atom stereocenters. The first kappa shape index (κ1) is 14.9. The molecule has 20 heavy (non-hydrogen) atoms. The molecule has 0 saturated heterocycles. The predicted molar refractivity (Wildman–Crippen MR) is 79.7 cm³/mol. The molecule has 1 aromatic carbocycles. The molecule has 4 nitrogen and oxygen atoms in total. The maximum atomic E-state index is 12.6. The Kier molecular flexibility index (Phi) is 4.33. The summed E-state index contributed by atoms with van der Waals surface area (Å²) >= 11 is 0. The Morgan fingerprint density at radius 1 is 1.50 bits per heavy atom. The molecule has 2 atom stereocenters. The van der Waals surface area contributed by atoms with Gasteiger partial charge in [0.2, 0.25) is 5.91 Å². The molecule has 0 saturated carbocycles. The summed E-state index contributed by atoms with van der Waals surface area (Å²) in [5, 5.41) is 3.13. The molecule has 1 amide bonds. The number of nitrogens with two attached hydrogens (primary N) is 1. The molecule has 1 aromatic rings. The van der Waals surface area contributed by atoms with E-state index in [1.807, 2.05) is 31.2 Å². The molecule has 0 spiro atoms. The van der Waals surface area contributed by atoms with E-state index in [-0.39, 0.29) is 23.3 Å². The van der Waals surface area contributed by atoms with Gasteiger partial charge in [-0.3, -0.25) is 4.79 Å². The normalized spacial score (nSPS) is 20.8. The fourth-order valence-electron chi connectivity index (χ4n) is 2.41. The Bertz CT molecular complexity index is 487. The van der Waals surface area contributed by atoms with Crippen molar-refractivity contribution in [2.24, 2.45) is 11.7 Å². The lowest BCUT2D eigenvalue weighted by Gasteiger charge is -2.36. The van der Waals surface area contributed by atoms with E-state index < -0.39 is 0 Å². The SMILES string of the molecule is CC(C)C(C)(CN)NC(=O)C1CCOc2ccccc21. The Morgan fingerprint density at radius 2 is 2.20 bits per heavy atom. The van der Waals surface area contributed by atoms with Gasteiger partial charge in [0.15, 0.2) is 0 Å². The molecule has 1 aliphatic rings. The predicted octanol–water partition coefficient (Wildman–Crippen LogP) is 2.04. The van der Waals surface area contributed by atoms with Crippen LogP contribution in [0.2, 0.25) is 0 Å². The highest BCUT2D eigenvalue weighted by molar-refractivity contribution is 5.85. The van der Waals surface area contributed by atoms with Gasteiger partial charge in [0.05, 0.1) is 18.1 Å². The van der Waals surface area contributed by atoms with Crippen LogP contribution >= 0.6 is 0 Å². The molecule has 3 N–H and O–H groups in total. The Balaban J connectivity index is 2.19. The number of carbonyl (C=O) groups is 1. The summed E-state index contributed by atoms with van der Waals surface area (Å²) in [6.45, 7) is 7.16. The smallest absolute Gasteiger partial charge is 0.228 e. The van der Waals surface area contributed by atoms with Crippen molar-refractivity contribution >= 4 is 5.91 Å². The Labute approximate surface area is 120 Å². The highest BCUT2D eigenvalue weighted by Crippen LogP contribution is 2.34. The summed E-state index contributed by atoms with van der Waals surface area (Å²) < 4.78 is 5.60. The fraction of sp³-hybridized carbons (Fsp3) is 0.562. The van der Waals surface area contributed by atoms with Gasteiger partial charge in [-0.2, -0.15) is 0 Å². The van der Waals surface area contributed by atoms with Gasteiger partial charge in [0.1, 0.15) is 5.75 Å². The summed E-state index contributed by atoms with van der Waals surface area (Å²) in [7, 11) is 0. The van der Waals surface area contributed by atoms with Crippen LogP contribution in [0, 0.1) is 5.92 Å². The number of hydrogen-bond acceptors (Lipinski definition) is 3.